The highest BCUT2D eigenvalue weighted by Crippen LogP contribution is 2.35. The lowest BCUT2D eigenvalue weighted by Gasteiger charge is -2.44. The normalized spacial score (nSPS) is 23.8. The topological polar surface area (TPSA) is 46.2 Å². The highest BCUT2D eigenvalue weighted by atomic mass is 16.6. The van der Waals surface area contributed by atoms with Crippen LogP contribution < -0.4 is 0 Å². The summed E-state index contributed by atoms with van der Waals surface area (Å²) < 4.78 is 32.4. The van der Waals surface area contributed by atoms with Crippen LogP contribution in [0.3, 0.4) is 0 Å². The molecular formula is C30H50O5. The summed E-state index contributed by atoms with van der Waals surface area (Å²) in [7, 11) is 0. The van der Waals surface area contributed by atoms with Crippen LogP contribution in [0.25, 0.3) is 5.57 Å². The molecule has 1 saturated heterocycles. The van der Waals surface area contributed by atoms with E-state index >= 15 is 0 Å². The SMILES string of the molecule is CCCCOC[C@H]1O/C(=C(/C)c2ccccc2)[C@H](OCCCC)[C@@H](OCCCC)[C@@H]1OCCCC. The Kier molecular flexibility index (Phi) is 15.3. The molecule has 1 aromatic rings. The van der Waals surface area contributed by atoms with E-state index in [0.29, 0.717) is 26.4 Å². The minimum absolute atomic E-state index is 0.237. The van der Waals surface area contributed by atoms with Gasteiger partial charge in [0.25, 0.3) is 0 Å². The first-order valence-electron chi connectivity index (χ1n) is 14.0. The molecule has 0 spiro atoms. The van der Waals surface area contributed by atoms with Crippen LogP contribution in [0.1, 0.15) is 91.5 Å². The van der Waals surface area contributed by atoms with Crippen molar-refractivity contribution in [2.45, 2.75) is 110 Å². The molecule has 0 unspecified atom stereocenters. The number of unbranched alkanes of at least 4 members (excludes halogenated alkanes) is 4. The van der Waals surface area contributed by atoms with Gasteiger partial charge < -0.3 is 23.7 Å². The molecule has 0 N–H and O–H groups in total. The third-order valence-corrected chi connectivity index (χ3v) is 6.44. The maximum Gasteiger partial charge on any atom is 0.150 e. The van der Waals surface area contributed by atoms with Crippen molar-refractivity contribution in [1.29, 1.82) is 0 Å². The molecule has 1 aromatic carbocycles. The average molecular weight is 491 g/mol. The first-order chi connectivity index (χ1) is 17.2. The minimum atomic E-state index is -0.308. The number of hydrogen-bond acceptors (Lipinski definition) is 5. The van der Waals surface area contributed by atoms with Gasteiger partial charge in [-0.3, -0.25) is 0 Å². The fourth-order valence-electron chi connectivity index (χ4n) is 4.17. The van der Waals surface area contributed by atoms with Crippen LogP contribution in [-0.4, -0.2) is 57.5 Å². The van der Waals surface area contributed by atoms with Crippen LogP contribution in [0.4, 0.5) is 0 Å². The van der Waals surface area contributed by atoms with Gasteiger partial charge in [-0.25, -0.2) is 0 Å². The summed E-state index contributed by atoms with van der Waals surface area (Å²) in [4.78, 5) is 0. The molecular weight excluding hydrogens is 440 g/mol. The maximum atomic E-state index is 6.73. The van der Waals surface area contributed by atoms with Gasteiger partial charge in [-0.1, -0.05) is 83.7 Å². The second-order valence-electron chi connectivity index (χ2n) is 9.46. The molecule has 1 aliphatic heterocycles. The summed E-state index contributed by atoms with van der Waals surface area (Å²) in [5.74, 6) is 0.855. The number of ether oxygens (including phenoxy) is 5. The van der Waals surface area contributed by atoms with E-state index in [-0.39, 0.29) is 24.4 Å². The molecule has 0 saturated carbocycles. The molecule has 1 fully saturated rings. The smallest absolute Gasteiger partial charge is 0.150 e. The molecule has 2 rings (SSSR count). The Morgan fingerprint density at radius 2 is 1.26 bits per heavy atom. The Morgan fingerprint density at radius 1 is 0.714 bits per heavy atom. The van der Waals surface area contributed by atoms with Crippen LogP contribution in [0.5, 0.6) is 0 Å². The highest BCUT2D eigenvalue weighted by molar-refractivity contribution is 5.66. The van der Waals surface area contributed by atoms with Crippen molar-refractivity contribution in [3.63, 3.8) is 0 Å². The molecule has 0 aliphatic carbocycles. The summed E-state index contributed by atoms with van der Waals surface area (Å²) in [6, 6.07) is 10.4. The van der Waals surface area contributed by atoms with Gasteiger partial charge in [0.15, 0.2) is 6.10 Å². The Labute approximate surface area is 214 Å². The Balaban J connectivity index is 2.43. The number of rotatable bonds is 18. The molecule has 5 heteroatoms. The van der Waals surface area contributed by atoms with Gasteiger partial charge in [-0.2, -0.15) is 0 Å². The lowest BCUT2D eigenvalue weighted by molar-refractivity contribution is -0.214. The third kappa shape index (κ3) is 9.87. The fraction of sp³-hybridized carbons (Fsp3) is 0.733. The van der Waals surface area contributed by atoms with E-state index in [2.05, 4.69) is 58.9 Å². The van der Waals surface area contributed by atoms with E-state index in [0.717, 1.165) is 74.9 Å². The van der Waals surface area contributed by atoms with E-state index in [9.17, 15) is 0 Å². The molecule has 0 bridgehead atoms. The van der Waals surface area contributed by atoms with Gasteiger partial charge in [0.1, 0.15) is 24.1 Å². The zero-order valence-electron chi connectivity index (χ0n) is 22.9. The number of hydrogen-bond donors (Lipinski definition) is 0. The number of allylic oxidation sites excluding steroid dienone is 1. The predicted molar refractivity (Wildman–Crippen MR) is 144 cm³/mol. The van der Waals surface area contributed by atoms with Gasteiger partial charge >= 0.3 is 0 Å². The molecule has 35 heavy (non-hydrogen) atoms. The second kappa shape index (κ2) is 17.9. The van der Waals surface area contributed by atoms with Crippen molar-refractivity contribution in [2.24, 2.45) is 0 Å². The standard InChI is InChI=1S/C30H50O5/c1-6-10-19-31-23-26-28(32-20-11-7-2)30(34-22-13-9-4)29(33-21-12-8-3)27(35-26)24(5)25-17-15-14-16-18-25/h14-18,26,28-30H,6-13,19-23H2,1-5H3/b27-24-/t26-,28-,29+,30+/m1/s1. The summed E-state index contributed by atoms with van der Waals surface area (Å²) in [5.41, 5.74) is 2.22. The van der Waals surface area contributed by atoms with Gasteiger partial charge in [0.05, 0.1) is 6.61 Å². The molecule has 1 heterocycles. The van der Waals surface area contributed by atoms with Crippen molar-refractivity contribution in [2.75, 3.05) is 33.0 Å². The number of benzene rings is 1. The van der Waals surface area contributed by atoms with Gasteiger partial charge in [0, 0.05) is 26.4 Å². The monoisotopic (exact) mass is 490 g/mol. The van der Waals surface area contributed by atoms with Crippen LogP contribution in [0.15, 0.2) is 36.1 Å². The summed E-state index contributed by atoms with van der Waals surface area (Å²) in [5, 5.41) is 0. The van der Waals surface area contributed by atoms with Crippen molar-refractivity contribution < 1.29 is 23.7 Å². The summed E-state index contributed by atoms with van der Waals surface area (Å²) in [6.45, 7) is 14.1. The van der Waals surface area contributed by atoms with Crippen molar-refractivity contribution in [1.82, 2.24) is 0 Å². The maximum absolute atomic E-state index is 6.73. The molecule has 4 atom stereocenters. The molecule has 1 aliphatic rings. The van der Waals surface area contributed by atoms with E-state index in [1.54, 1.807) is 0 Å². The van der Waals surface area contributed by atoms with E-state index in [4.69, 9.17) is 23.7 Å². The van der Waals surface area contributed by atoms with Crippen LogP contribution in [0.2, 0.25) is 0 Å². The second-order valence-corrected chi connectivity index (χ2v) is 9.46. The van der Waals surface area contributed by atoms with E-state index in [1.807, 2.05) is 6.07 Å². The van der Waals surface area contributed by atoms with E-state index < -0.39 is 0 Å². The van der Waals surface area contributed by atoms with Crippen molar-refractivity contribution in [3.8, 4) is 0 Å². The summed E-state index contributed by atoms with van der Waals surface area (Å²) >= 11 is 0. The Morgan fingerprint density at radius 3 is 1.86 bits per heavy atom. The fourth-order valence-corrected chi connectivity index (χ4v) is 4.17. The third-order valence-electron chi connectivity index (χ3n) is 6.44. The largest absolute Gasteiger partial charge is 0.486 e. The van der Waals surface area contributed by atoms with Gasteiger partial charge in [-0.05, 0) is 43.7 Å². The molecule has 200 valence electrons. The average Bonchev–Trinajstić information content (AvgIpc) is 2.88. The van der Waals surface area contributed by atoms with Gasteiger partial charge in [-0.15, -0.1) is 0 Å². The van der Waals surface area contributed by atoms with E-state index in [1.165, 1.54) is 0 Å². The van der Waals surface area contributed by atoms with Gasteiger partial charge in [0.2, 0.25) is 0 Å². The van der Waals surface area contributed by atoms with Crippen LogP contribution in [0, 0.1) is 0 Å². The quantitative estimate of drug-likeness (QED) is 0.204. The highest BCUT2D eigenvalue weighted by Gasteiger charge is 2.47. The first kappa shape index (κ1) is 29.8. The molecule has 5 nitrogen and oxygen atoms in total. The molecule has 0 amide bonds. The minimum Gasteiger partial charge on any atom is -0.486 e. The Bertz CT molecular complexity index is 689. The van der Waals surface area contributed by atoms with Crippen LogP contribution >= 0.6 is 0 Å². The molecule has 0 radical (unpaired) electrons. The Hall–Kier alpha value is -1.40. The lowest BCUT2D eigenvalue weighted by Crippen LogP contribution is -2.57. The van der Waals surface area contributed by atoms with Crippen molar-refractivity contribution >= 4 is 5.57 Å². The molecule has 0 aromatic heterocycles. The predicted octanol–water partition coefficient (Wildman–Crippen LogP) is 7.19. The summed E-state index contributed by atoms with van der Waals surface area (Å²) in [6.07, 6.45) is 7.39. The lowest BCUT2D eigenvalue weighted by atomic mass is 9.93. The zero-order valence-corrected chi connectivity index (χ0v) is 22.9. The van der Waals surface area contributed by atoms with Crippen molar-refractivity contribution in [3.05, 3.63) is 41.7 Å². The zero-order chi connectivity index (χ0) is 25.3. The first-order valence-corrected chi connectivity index (χ1v) is 14.0. The van der Waals surface area contributed by atoms with Crippen LogP contribution in [-0.2, 0) is 23.7 Å².